The van der Waals surface area contributed by atoms with Crippen LogP contribution in [0, 0.1) is 5.92 Å². The van der Waals surface area contributed by atoms with Gasteiger partial charge in [0.05, 0.1) is 6.61 Å². The molecule has 13 heavy (non-hydrogen) atoms. The molecule has 0 saturated carbocycles. The lowest BCUT2D eigenvalue weighted by Crippen LogP contribution is -2.60. The van der Waals surface area contributed by atoms with Gasteiger partial charge >= 0.3 is 0 Å². The smallest absolute Gasteiger partial charge is 0.155 e. The van der Waals surface area contributed by atoms with Crippen LogP contribution in [-0.2, 0) is 9.47 Å². The molecular weight excluding hydrogens is 166 g/mol. The highest BCUT2D eigenvalue weighted by Crippen LogP contribution is 2.42. The maximum Gasteiger partial charge on any atom is 0.155 e. The van der Waals surface area contributed by atoms with Crippen LogP contribution in [0.2, 0.25) is 0 Å². The summed E-state index contributed by atoms with van der Waals surface area (Å²) in [6, 6.07) is 0. The molecule has 4 rings (SSSR count). The molecule has 4 aliphatic rings. The zero-order valence-electron chi connectivity index (χ0n) is 8.16. The van der Waals surface area contributed by atoms with Crippen molar-refractivity contribution < 1.29 is 9.47 Å². The minimum Gasteiger partial charge on any atom is -0.350 e. The van der Waals surface area contributed by atoms with Crippen molar-refractivity contribution in [3.63, 3.8) is 0 Å². The van der Waals surface area contributed by atoms with Crippen LogP contribution in [0.5, 0.6) is 0 Å². The van der Waals surface area contributed by atoms with Gasteiger partial charge in [-0.15, -0.1) is 0 Å². The van der Waals surface area contributed by atoms with E-state index in [2.05, 4.69) is 4.90 Å². The van der Waals surface area contributed by atoms with Crippen molar-refractivity contribution in [1.82, 2.24) is 4.90 Å². The Morgan fingerprint density at radius 2 is 2.08 bits per heavy atom. The molecule has 0 unspecified atom stereocenters. The maximum atomic E-state index is 5.96. The van der Waals surface area contributed by atoms with E-state index in [1.165, 1.54) is 25.9 Å². The second kappa shape index (κ2) is 2.69. The summed E-state index contributed by atoms with van der Waals surface area (Å²) in [5.41, 5.74) is 0.0654. The lowest BCUT2D eigenvalue weighted by atomic mass is 9.76. The molecule has 2 bridgehead atoms. The van der Waals surface area contributed by atoms with Crippen molar-refractivity contribution in [2.75, 3.05) is 26.2 Å². The summed E-state index contributed by atoms with van der Waals surface area (Å²) < 4.78 is 11.5. The Balaban J connectivity index is 1.83. The van der Waals surface area contributed by atoms with Gasteiger partial charge in [0.15, 0.2) is 6.29 Å². The Morgan fingerprint density at radius 1 is 1.31 bits per heavy atom. The highest BCUT2D eigenvalue weighted by atomic mass is 16.7. The van der Waals surface area contributed by atoms with Gasteiger partial charge in [-0.3, -0.25) is 0 Å². The van der Waals surface area contributed by atoms with Crippen LogP contribution >= 0.6 is 0 Å². The molecule has 2 atom stereocenters. The third kappa shape index (κ3) is 1.14. The van der Waals surface area contributed by atoms with E-state index in [1.54, 1.807) is 0 Å². The molecule has 0 N–H and O–H groups in total. The number of fused-ring (bicyclic) bond motifs is 2. The number of nitrogens with zero attached hydrogens (tertiary/aromatic N) is 1. The van der Waals surface area contributed by atoms with Crippen LogP contribution in [0.3, 0.4) is 0 Å². The predicted octanol–water partition coefficient (Wildman–Crippen LogP) is 0.844. The zero-order chi connectivity index (χ0) is 8.89. The summed E-state index contributed by atoms with van der Waals surface area (Å²) in [6.45, 7) is 6.46. The molecule has 4 fully saturated rings. The van der Waals surface area contributed by atoms with E-state index in [0.717, 1.165) is 19.1 Å². The summed E-state index contributed by atoms with van der Waals surface area (Å²) in [5.74, 6) is 0.752. The summed E-state index contributed by atoms with van der Waals surface area (Å²) in [5, 5.41) is 0. The van der Waals surface area contributed by atoms with E-state index in [-0.39, 0.29) is 11.9 Å². The molecular formula is C10H17NO2. The molecule has 3 heteroatoms. The van der Waals surface area contributed by atoms with E-state index >= 15 is 0 Å². The molecule has 4 saturated heterocycles. The topological polar surface area (TPSA) is 21.7 Å². The average molecular weight is 183 g/mol. The average Bonchev–Trinajstić information content (AvgIpc) is 2.49. The molecule has 3 nitrogen and oxygen atoms in total. The molecule has 0 aromatic heterocycles. The standard InChI is InChI=1S/C10H17NO2/c1-8-12-7-10(13-8)6-11-4-2-9(10)3-5-11/h8-9H,2-7H2,1H3/t8-,10+/m0/s1. The lowest BCUT2D eigenvalue weighted by Gasteiger charge is -2.50. The Morgan fingerprint density at radius 3 is 2.54 bits per heavy atom. The SMILES string of the molecule is C[C@H]1OC[C@@]2(CN3CCC2CC3)O1. The molecule has 74 valence electrons. The number of piperidine rings is 3. The number of hydrogen-bond acceptors (Lipinski definition) is 3. The van der Waals surface area contributed by atoms with Crippen LogP contribution < -0.4 is 0 Å². The third-order valence-electron chi connectivity index (χ3n) is 3.79. The fourth-order valence-electron chi connectivity index (χ4n) is 3.08. The van der Waals surface area contributed by atoms with Crippen LogP contribution in [-0.4, -0.2) is 43.0 Å². The second-order valence-corrected chi connectivity index (χ2v) is 4.61. The van der Waals surface area contributed by atoms with Crippen LogP contribution in [0.1, 0.15) is 19.8 Å². The summed E-state index contributed by atoms with van der Waals surface area (Å²) in [6.07, 6.45) is 2.62. The Kier molecular flexibility index (Phi) is 1.70. The van der Waals surface area contributed by atoms with Gasteiger partial charge in [0.2, 0.25) is 0 Å². The number of hydrogen-bond donors (Lipinski definition) is 0. The van der Waals surface area contributed by atoms with E-state index < -0.39 is 0 Å². The molecule has 0 amide bonds. The van der Waals surface area contributed by atoms with Crippen molar-refractivity contribution in [1.29, 1.82) is 0 Å². The number of ether oxygens (including phenoxy) is 2. The fraction of sp³-hybridized carbons (Fsp3) is 1.00. The van der Waals surface area contributed by atoms with E-state index in [9.17, 15) is 0 Å². The first-order valence-corrected chi connectivity index (χ1v) is 5.30. The molecule has 1 spiro atoms. The van der Waals surface area contributed by atoms with Gasteiger partial charge in [-0.2, -0.15) is 0 Å². The van der Waals surface area contributed by atoms with Crippen molar-refractivity contribution >= 4 is 0 Å². The van der Waals surface area contributed by atoms with Gasteiger partial charge in [0.25, 0.3) is 0 Å². The summed E-state index contributed by atoms with van der Waals surface area (Å²) in [4.78, 5) is 2.52. The van der Waals surface area contributed by atoms with Gasteiger partial charge in [-0.1, -0.05) is 0 Å². The first-order valence-electron chi connectivity index (χ1n) is 5.30. The molecule has 4 heterocycles. The largest absolute Gasteiger partial charge is 0.350 e. The summed E-state index contributed by atoms with van der Waals surface area (Å²) in [7, 11) is 0. The number of rotatable bonds is 0. The Labute approximate surface area is 79.0 Å². The first kappa shape index (κ1) is 8.21. The van der Waals surface area contributed by atoms with Crippen molar-refractivity contribution in [2.45, 2.75) is 31.7 Å². The van der Waals surface area contributed by atoms with Crippen molar-refractivity contribution in [3.05, 3.63) is 0 Å². The minimum absolute atomic E-state index is 0.0144. The van der Waals surface area contributed by atoms with Gasteiger partial charge in [0, 0.05) is 6.54 Å². The Bertz CT molecular complexity index is 213. The van der Waals surface area contributed by atoms with Gasteiger partial charge in [0.1, 0.15) is 5.60 Å². The highest BCUT2D eigenvalue weighted by molar-refractivity contribution is 5.01. The molecule has 4 aliphatic heterocycles. The van der Waals surface area contributed by atoms with Crippen LogP contribution in [0.15, 0.2) is 0 Å². The molecule has 0 aromatic carbocycles. The summed E-state index contributed by atoms with van der Waals surface area (Å²) >= 11 is 0. The van der Waals surface area contributed by atoms with E-state index in [4.69, 9.17) is 9.47 Å². The predicted molar refractivity (Wildman–Crippen MR) is 48.4 cm³/mol. The Hall–Kier alpha value is -0.120. The maximum absolute atomic E-state index is 5.96. The zero-order valence-corrected chi connectivity index (χ0v) is 8.16. The van der Waals surface area contributed by atoms with Gasteiger partial charge in [-0.25, -0.2) is 0 Å². The van der Waals surface area contributed by atoms with E-state index in [1.807, 2.05) is 6.92 Å². The quantitative estimate of drug-likeness (QED) is 0.555. The molecule has 0 radical (unpaired) electrons. The fourth-order valence-corrected chi connectivity index (χ4v) is 3.08. The van der Waals surface area contributed by atoms with Crippen LogP contribution in [0.4, 0.5) is 0 Å². The third-order valence-corrected chi connectivity index (χ3v) is 3.79. The van der Waals surface area contributed by atoms with E-state index in [0.29, 0.717) is 0 Å². The van der Waals surface area contributed by atoms with Crippen LogP contribution in [0.25, 0.3) is 0 Å². The van der Waals surface area contributed by atoms with Crippen molar-refractivity contribution in [2.24, 2.45) is 5.92 Å². The monoisotopic (exact) mass is 183 g/mol. The lowest BCUT2D eigenvalue weighted by molar-refractivity contribution is -0.145. The van der Waals surface area contributed by atoms with Gasteiger partial charge in [-0.05, 0) is 38.8 Å². The molecule has 0 aliphatic carbocycles. The molecule has 0 aromatic rings. The van der Waals surface area contributed by atoms with Gasteiger partial charge < -0.3 is 14.4 Å². The van der Waals surface area contributed by atoms with Crippen molar-refractivity contribution in [3.8, 4) is 0 Å². The normalized spacial score (nSPS) is 54.7. The second-order valence-electron chi connectivity index (χ2n) is 4.61. The first-order chi connectivity index (χ1) is 6.28. The highest BCUT2D eigenvalue weighted by Gasteiger charge is 2.51. The minimum atomic E-state index is 0.0144.